The van der Waals surface area contributed by atoms with Gasteiger partial charge in [-0.1, -0.05) is 40.9 Å². The van der Waals surface area contributed by atoms with E-state index in [1.807, 2.05) is 6.92 Å². The Morgan fingerprint density at radius 1 is 1.47 bits per heavy atom. The molecule has 0 fully saturated rings. The second-order valence-electron chi connectivity index (χ2n) is 4.09. The summed E-state index contributed by atoms with van der Waals surface area (Å²) in [4.78, 5) is 18.6. The lowest BCUT2D eigenvalue weighted by Gasteiger charge is -2.07. The molecule has 1 aromatic carbocycles. The first-order valence-electron chi connectivity index (χ1n) is 5.80. The van der Waals surface area contributed by atoms with Gasteiger partial charge in [0.2, 0.25) is 5.88 Å². The molecule has 100 valence electrons. The summed E-state index contributed by atoms with van der Waals surface area (Å²) in [6, 6.07) is 5.15. The van der Waals surface area contributed by atoms with Crippen LogP contribution in [0.1, 0.15) is 18.9 Å². The van der Waals surface area contributed by atoms with Crippen LogP contribution < -0.4 is 5.56 Å². The minimum atomic E-state index is -0.323. The Bertz CT molecular complexity index is 670. The topological polar surface area (TPSA) is 66.0 Å². The molecule has 0 saturated carbocycles. The van der Waals surface area contributed by atoms with Gasteiger partial charge < -0.3 is 10.1 Å². The van der Waals surface area contributed by atoms with Crippen LogP contribution in [0, 0.1) is 0 Å². The van der Waals surface area contributed by atoms with Crippen LogP contribution in [0.2, 0.25) is 5.02 Å². The van der Waals surface area contributed by atoms with Crippen molar-refractivity contribution in [3.05, 3.63) is 43.6 Å². The maximum Gasteiger partial charge on any atom is 0.258 e. The van der Waals surface area contributed by atoms with Crippen LogP contribution in [0.15, 0.2) is 27.5 Å². The standard InChI is InChI=1S/C13H12BrClN2O2/c1-2-3-8-12(18)16-11(17-13(8)19)9-6-7(15)4-5-10(9)14/h4-6H,2-3H2,1H3,(H2,16,17,18,19). The molecule has 0 spiro atoms. The third kappa shape index (κ3) is 2.98. The quantitative estimate of drug-likeness (QED) is 0.896. The molecule has 0 atom stereocenters. The number of halogens is 2. The molecule has 0 aliphatic carbocycles. The van der Waals surface area contributed by atoms with E-state index in [4.69, 9.17) is 11.6 Å². The van der Waals surface area contributed by atoms with Crippen molar-refractivity contribution in [3.63, 3.8) is 0 Å². The molecule has 0 bridgehead atoms. The molecule has 0 saturated heterocycles. The van der Waals surface area contributed by atoms with Crippen molar-refractivity contribution in [2.75, 3.05) is 0 Å². The zero-order valence-corrected chi connectivity index (χ0v) is 12.5. The van der Waals surface area contributed by atoms with Gasteiger partial charge in [0, 0.05) is 15.1 Å². The average Bonchev–Trinajstić information content (AvgIpc) is 2.36. The van der Waals surface area contributed by atoms with E-state index >= 15 is 0 Å². The number of aromatic amines is 1. The number of aromatic hydroxyl groups is 1. The van der Waals surface area contributed by atoms with Gasteiger partial charge in [0.25, 0.3) is 5.56 Å². The van der Waals surface area contributed by atoms with Gasteiger partial charge in [0.05, 0.1) is 5.56 Å². The molecule has 0 aliphatic rings. The highest BCUT2D eigenvalue weighted by atomic mass is 79.9. The van der Waals surface area contributed by atoms with Crippen LogP contribution in [-0.2, 0) is 6.42 Å². The van der Waals surface area contributed by atoms with Crippen molar-refractivity contribution in [1.82, 2.24) is 9.97 Å². The van der Waals surface area contributed by atoms with Crippen LogP contribution in [0.5, 0.6) is 5.88 Å². The molecular formula is C13H12BrClN2O2. The first-order valence-corrected chi connectivity index (χ1v) is 6.97. The van der Waals surface area contributed by atoms with E-state index in [1.165, 1.54) is 0 Å². The van der Waals surface area contributed by atoms with Gasteiger partial charge >= 0.3 is 0 Å². The first kappa shape index (κ1) is 14.1. The summed E-state index contributed by atoms with van der Waals surface area (Å²) >= 11 is 9.29. The van der Waals surface area contributed by atoms with E-state index in [9.17, 15) is 9.90 Å². The van der Waals surface area contributed by atoms with Crippen molar-refractivity contribution >= 4 is 27.5 Å². The molecule has 2 aromatic rings. The Morgan fingerprint density at radius 2 is 2.21 bits per heavy atom. The Labute approximate surface area is 123 Å². The fourth-order valence-corrected chi connectivity index (χ4v) is 2.37. The number of H-pyrrole nitrogens is 1. The zero-order valence-electron chi connectivity index (χ0n) is 10.2. The number of nitrogens with one attached hydrogen (secondary N) is 1. The summed E-state index contributed by atoms with van der Waals surface area (Å²) in [5.41, 5.74) is 0.614. The molecule has 0 unspecified atom stereocenters. The molecule has 1 aromatic heterocycles. The van der Waals surface area contributed by atoms with Crippen LogP contribution in [0.4, 0.5) is 0 Å². The second kappa shape index (κ2) is 5.75. The number of hydrogen-bond donors (Lipinski definition) is 2. The SMILES string of the molecule is CCCc1c(O)nc(-c2cc(Cl)ccc2Br)[nH]c1=O. The van der Waals surface area contributed by atoms with Crippen LogP contribution >= 0.6 is 27.5 Å². The molecule has 0 amide bonds. The van der Waals surface area contributed by atoms with Crippen molar-refractivity contribution in [2.24, 2.45) is 0 Å². The largest absolute Gasteiger partial charge is 0.493 e. The Kier molecular flexibility index (Phi) is 4.27. The van der Waals surface area contributed by atoms with Crippen molar-refractivity contribution in [1.29, 1.82) is 0 Å². The molecule has 4 nitrogen and oxygen atoms in total. The third-order valence-electron chi connectivity index (χ3n) is 2.68. The van der Waals surface area contributed by atoms with E-state index < -0.39 is 0 Å². The summed E-state index contributed by atoms with van der Waals surface area (Å²) in [6.45, 7) is 1.93. The van der Waals surface area contributed by atoms with Gasteiger partial charge in [0.1, 0.15) is 5.82 Å². The third-order valence-corrected chi connectivity index (χ3v) is 3.60. The molecule has 0 radical (unpaired) electrons. The first-order chi connectivity index (χ1) is 9.02. The maximum atomic E-state index is 11.9. The minimum absolute atomic E-state index is 0.229. The van der Waals surface area contributed by atoms with Gasteiger partial charge in [0.15, 0.2) is 0 Å². The van der Waals surface area contributed by atoms with Gasteiger partial charge in [-0.2, -0.15) is 4.98 Å². The molecule has 1 heterocycles. The number of aromatic nitrogens is 2. The molecule has 6 heteroatoms. The Hall–Kier alpha value is -1.33. The second-order valence-corrected chi connectivity index (χ2v) is 5.38. The lowest BCUT2D eigenvalue weighted by atomic mass is 10.1. The lowest BCUT2D eigenvalue weighted by Crippen LogP contribution is -2.15. The van der Waals surface area contributed by atoms with E-state index in [2.05, 4.69) is 25.9 Å². The fourth-order valence-electron chi connectivity index (χ4n) is 1.77. The Morgan fingerprint density at radius 3 is 2.84 bits per heavy atom. The van der Waals surface area contributed by atoms with Crippen molar-refractivity contribution in [3.8, 4) is 17.3 Å². The van der Waals surface area contributed by atoms with Crippen molar-refractivity contribution < 1.29 is 5.11 Å². The van der Waals surface area contributed by atoms with Crippen LogP contribution in [-0.4, -0.2) is 15.1 Å². The minimum Gasteiger partial charge on any atom is -0.493 e. The van der Waals surface area contributed by atoms with Crippen molar-refractivity contribution in [2.45, 2.75) is 19.8 Å². The maximum absolute atomic E-state index is 11.9. The summed E-state index contributed by atoms with van der Waals surface area (Å²) in [6.07, 6.45) is 1.25. The average molecular weight is 344 g/mol. The van der Waals surface area contributed by atoms with Gasteiger partial charge in [-0.15, -0.1) is 0 Å². The van der Waals surface area contributed by atoms with E-state index in [-0.39, 0.29) is 17.3 Å². The van der Waals surface area contributed by atoms with Gasteiger partial charge in [-0.05, 0) is 24.6 Å². The fraction of sp³-hybridized carbons (Fsp3) is 0.231. The smallest absolute Gasteiger partial charge is 0.258 e. The zero-order chi connectivity index (χ0) is 14.0. The van der Waals surface area contributed by atoms with Crippen LogP contribution in [0.25, 0.3) is 11.4 Å². The molecule has 0 aliphatic heterocycles. The highest BCUT2D eigenvalue weighted by molar-refractivity contribution is 9.10. The Balaban J connectivity index is 2.58. The predicted octanol–water partition coefficient (Wildman–Crippen LogP) is 3.51. The number of rotatable bonds is 3. The normalized spacial score (nSPS) is 10.7. The van der Waals surface area contributed by atoms with E-state index in [1.54, 1.807) is 18.2 Å². The summed E-state index contributed by atoms with van der Waals surface area (Å²) in [7, 11) is 0. The van der Waals surface area contributed by atoms with Gasteiger partial charge in [-0.3, -0.25) is 4.79 Å². The molecule has 2 N–H and O–H groups in total. The summed E-state index contributed by atoms with van der Waals surface area (Å²) in [5, 5.41) is 10.4. The number of nitrogens with zero attached hydrogens (tertiary/aromatic N) is 1. The van der Waals surface area contributed by atoms with E-state index in [0.29, 0.717) is 22.6 Å². The molecule has 2 rings (SSSR count). The monoisotopic (exact) mass is 342 g/mol. The summed E-state index contributed by atoms with van der Waals surface area (Å²) in [5.74, 6) is 0.0594. The van der Waals surface area contributed by atoms with Gasteiger partial charge in [-0.25, -0.2) is 0 Å². The van der Waals surface area contributed by atoms with E-state index in [0.717, 1.165) is 10.9 Å². The molecule has 19 heavy (non-hydrogen) atoms. The number of benzene rings is 1. The highest BCUT2D eigenvalue weighted by Gasteiger charge is 2.13. The van der Waals surface area contributed by atoms with Crippen LogP contribution in [0.3, 0.4) is 0 Å². The molecular weight excluding hydrogens is 332 g/mol. The highest BCUT2D eigenvalue weighted by Crippen LogP contribution is 2.29. The predicted molar refractivity (Wildman–Crippen MR) is 78.7 cm³/mol. The number of hydrogen-bond acceptors (Lipinski definition) is 3. The lowest BCUT2D eigenvalue weighted by molar-refractivity contribution is 0.443. The summed E-state index contributed by atoms with van der Waals surface area (Å²) < 4.78 is 0.739.